The van der Waals surface area contributed by atoms with Crippen molar-refractivity contribution >= 4 is 10.0 Å². The van der Waals surface area contributed by atoms with Gasteiger partial charge in [-0.1, -0.05) is 6.42 Å². The molecule has 4 atom stereocenters. The van der Waals surface area contributed by atoms with E-state index in [1.165, 1.54) is 37.5 Å². The van der Waals surface area contributed by atoms with Gasteiger partial charge in [0.25, 0.3) is 0 Å². The van der Waals surface area contributed by atoms with Gasteiger partial charge in [0.1, 0.15) is 5.82 Å². The van der Waals surface area contributed by atoms with E-state index in [-0.39, 0.29) is 10.9 Å². The molecule has 2 aliphatic rings. The number of fused-ring (bicyclic) bond motifs is 2. The molecule has 3 rings (SSSR count). The van der Waals surface area contributed by atoms with Crippen molar-refractivity contribution < 1.29 is 12.8 Å². The monoisotopic (exact) mass is 311 g/mol. The minimum atomic E-state index is -3.58. The molecule has 21 heavy (non-hydrogen) atoms. The number of hydrogen-bond donors (Lipinski definition) is 1. The third-order valence-corrected chi connectivity index (χ3v) is 6.92. The van der Waals surface area contributed by atoms with E-state index in [1.54, 1.807) is 6.92 Å². The van der Waals surface area contributed by atoms with Crippen LogP contribution >= 0.6 is 0 Å². The number of benzene rings is 1. The molecule has 2 saturated carbocycles. The van der Waals surface area contributed by atoms with Gasteiger partial charge in [0.05, 0.1) is 4.90 Å². The summed E-state index contributed by atoms with van der Waals surface area (Å²) in [5, 5.41) is 0. The van der Waals surface area contributed by atoms with E-state index in [1.807, 2.05) is 6.92 Å². The molecule has 3 nitrogen and oxygen atoms in total. The summed E-state index contributed by atoms with van der Waals surface area (Å²) in [6.45, 7) is 3.58. The largest absolute Gasteiger partial charge is 0.241 e. The predicted octanol–water partition coefficient (Wildman–Crippen LogP) is 3.24. The van der Waals surface area contributed by atoms with Gasteiger partial charge in [-0.2, -0.15) is 0 Å². The molecule has 0 heterocycles. The molecule has 0 aromatic heterocycles. The van der Waals surface area contributed by atoms with Crippen LogP contribution in [0.2, 0.25) is 0 Å². The Kier molecular flexibility index (Phi) is 3.82. The summed E-state index contributed by atoms with van der Waals surface area (Å²) in [5.41, 5.74) is 0.447. The highest BCUT2D eigenvalue weighted by Gasteiger charge is 2.42. The van der Waals surface area contributed by atoms with E-state index in [9.17, 15) is 12.8 Å². The molecule has 4 unspecified atom stereocenters. The summed E-state index contributed by atoms with van der Waals surface area (Å²) in [4.78, 5) is 0.180. The fourth-order valence-corrected chi connectivity index (χ4v) is 5.74. The zero-order valence-corrected chi connectivity index (χ0v) is 13.3. The number of sulfonamides is 1. The van der Waals surface area contributed by atoms with Crippen LogP contribution in [0.15, 0.2) is 23.1 Å². The van der Waals surface area contributed by atoms with Crippen molar-refractivity contribution in [3.63, 3.8) is 0 Å². The van der Waals surface area contributed by atoms with E-state index in [2.05, 4.69) is 4.72 Å². The highest BCUT2D eigenvalue weighted by atomic mass is 32.2. The van der Waals surface area contributed by atoms with Crippen molar-refractivity contribution in [1.29, 1.82) is 0 Å². The molecule has 0 radical (unpaired) electrons. The third kappa shape index (κ3) is 2.86. The van der Waals surface area contributed by atoms with Gasteiger partial charge in [0, 0.05) is 6.04 Å². The molecule has 1 aromatic rings. The molecule has 1 N–H and O–H groups in total. The lowest BCUT2D eigenvalue weighted by Gasteiger charge is -2.28. The molecule has 0 saturated heterocycles. The molecule has 0 spiro atoms. The lowest BCUT2D eigenvalue weighted by atomic mass is 9.84. The summed E-state index contributed by atoms with van der Waals surface area (Å²) < 4.78 is 40.9. The summed E-state index contributed by atoms with van der Waals surface area (Å²) in [6, 6.07) is 3.75. The average Bonchev–Trinajstić information content (AvgIpc) is 2.99. The van der Waals surface area contributed by atoms with Gasteiger partial charge >= 0.3 is 0 Å². The van der Waals surface area contributed by atoms with Crippen LogP contribution in [-0.2, 0) is 10.0 Å². The Bertz CT molecular complexity index is 644. The Labute approximate surface area is 126 Å². The van der Waals surface area contributed by atoms with Gasteiger partial charge < -0.3 is 0 Å². The minimum absolute atomic E-state index is 0.0604. The van der Waals surface area contributed by atoms with Gasteiger partial charge in [-0.25, -0.2) is 17.5 Å². The summed E-state index contributed by atoms with van der Waals surface area (Å²) in [6.07, 6.45) is 4.93. The highest BCUT2D eigenvalue weighted by molar-refractivity contribution is 7.89. The Balaban J connectivity index is 1.76. The van der Waals surface area contributed by atoms with Crippen LogP contribution in [0, 0.1) is 30.5 Å². The van der Waals surface area contributed by atoms with Gasteiger partial charge in [-0.3, -0.25) is 0 Å². The lowest BCUT2D eigenvalue weighted by Crippen LogP contribution is -2.40. The second-order valence-corrected chi connectivity index (χ2v) is 8.34. The van der Waals surface area contributed by atoms with Crippen molar-refractivity contribution in [3.8, 4) is 0 Å². The fraction of sp³-hybridized carbons (Fsp3) is 0.625. The topological polar surface area (TPSA) is 46.2 Å². The zero-order chi connectivity index (χ0) is 15.2. The quantitative estimate of drug-likeness (QED) is 0.928. The standard InChI is InChI=1S/C16H22FNO2S/c1-10-7-14(17)5-6-16(10)21(19,20)18-11(2)15-9-12-3-4-13(15)8-12/h5-7,11-13,15,18H,3-4,8-9H2,1-2H3. The molecule has 0 amide bonds. The molecule has 2 aliphatic carbocycles. The van der Waals surface area contributed by atoms with Crippen LogP contribution in [0.25, 0.3) is 0 Å². The summed E-state index contributed by atoms with van der Waals surface area (Å²) in [5.74, 6) is 1.49. The molecule has 116 valence electrons. The molecular formula is C16H22FNO2S. The van der Waals surface area contributed by atoms with Crippen LogP contribution in [-0.4, -0.2) is 14.5 Å². The minimum Gasteiger partial charge on any atom is -0.208 e. The van der Waals surface area contributed by atoms with Crippen LogP contribution in [0.4, 0.5) is 4.39 Å². The Morgan fingerprint density at radius 2 is 2.05 bits per heavy atom. The average molecular weight is 311 g/mol. The number of nitrogens with one attached hydrogen (secondary N) is 1. The van der Waals surface area contributed by atoms with Crippen molar-refractivity contribution in [1.82, 2.24) is 4.72 Å². The first kappa shape index (κ1) is 15.0. The predicted molar refractivity (Wildman–Crippen MR) is 79.9 cm³/mol. The fourth-order valence-electron chi connectivity index (χ4n) is 4.22. The van der Waals surface area contributed by atoms with E-state index in [4.69, 9.17) is 0 Å². The lowest BCUT2D eigenvalue weighted by molar-refractivity contribution is 0.280. The van der Waals surface area contributed by atoms with E-state index < -0.39 is 15.8 Å². The maximum Gasteiger partial charge on any atom is 0.241 e. The molecular weight excluding hydrogens is 289 g/mol. The molecule has 5 heteroatoms. The molecule has 2 fully saturated rings. The van der Waals surface area contributed by atoms with Crippen LogP contribution in [0.5, 0.6) is 0 Å². The summed E-state index contributed by atoms with van der Waals surface area (Å²) in [7, 11) is -3.58. The number of halogens is 1. The van der Waals surface area contributed by atoms with Crippen LogP contribution in [0.1, 0.15) is 38.2 Å². The first-order valence-corrected chi connectivity index (χ1v) is 9.13. The summed E-state index contributed by atoms with van der Waals surface area (Å²) >= 11 is 0. The smallest absolute Gasteiger partial charge is 0.208 e. The van der Waals surface area contributed by atoms with Gasteiger partial charge in [-0.15, -0.1) is 0 Å². The van der Waals surface area contributed by atoms with E-state index >= 15 is 0 Å². The van der Waals surface area contributed by atoms with Gasteiger partial charge in [0.15, 0.2) is 0 Å². The maximum absolute atomic E-state index is 13.1. The van der Waals surface area contributed by atoms with Gasteiger partial charge in [0.2, 0.25) is 10.0 Å². The molecule has 2 bridgehead atoms. The highest BCUT2D eigenvalue weighted by Crippen LogP contribution is 2.49. The number of rotatable bonds is 4. The first-order chi connectivity index (χ1) is 9.87. The number of hydrogen-bond acceptors (Lipinski definition) is 2. The number of aryl methyl sites for hydroxylation is 1. The van der Waals surface area contributed by atoms with E-state index in [0.717, 1.165) is 12.3 Å². The van der Waals surface area contributed by atoms with Gasteiger partial charge in [-0.05, 0) is 74.6 Å². The Morgan fingerprint density at radius 1 is 1.29 bits per heavy atom. The second-order valence-electron chi connectivity index (χ2n) is 6.66. The second kappa shape index (κ2) is 5.36. The molecule has 0 aliphatic heterocycles. The Morgan fingerprint density at radius 3 is 2.62 bits per heavy atom. The normalized spacial score (nSPS) is 29.8. The SMILES string of the molecule is Cc1cc(F)ccc1S(=O)(=O)NC(C)C1CC2CCC1C2. The van der Waals surface area contributed by atoms with Crippen molar-refractivity contribution in [3.05, 3.63) is 29.6 Å². The molecule has 1 aromatic carbocycles. The van der Waals surface area contributed by atoms with Crippen molar-refractivity contribution in [2.75, 3.05) is 0 Å². The van der Waals surface area contributed by atoms with Crippen LogP contribution in [0.3, 0.4) is 0 Å². The first-order valence-electron chi connectivity index (χ1n) is 7.65. The van der Waals surface area contributed by atoms with Crippen LogP contribution < -0.4 is 4.72 Å². The van der Waals surface area contributed by atoms with E-state index in [0.29, 0.717) is 17.4 Å². The Hall–Kier alpha value is -0.940. The van der Waals surface area contributed by atoms with Crippen molar-refractivity contribution in [2.45, 2.75) is 50.5 Å². The third-order valence-electron chi connectivity index (χ3n) is 5.20. The zero-order valence-electron chi connectivity index (χ0n) is 12.5. The maximum atomic E-state index is 13.1. The van der Waals surface area contributed by atoms with Crippen molar-refractivity contribution in [2.24, 2.45) is 17.8 Å².